The second-order valence-electron chi connectivity index (χ2n) is 4.78. The first kappa shape index (κ1) is 11.3. The maximum Gasteiger partial charge on any atom is 0.257 e. The first-order valence-electron chi connectivity index (χ1n) is 5.74. The van der Waals surface area contributed by atoms with Crippen molar-refractivity contribution in [3.8, 4) is 0 Å². The summed E-state index contributed by atoms with van der Waals surface area (Å²) in [4.78, 5) is 18.1. The van der Waals surface area contributed by atoms with Gasteiger partial charge < -0.3 is 4.90 Å². The van der Waals surface area contributed by atoms with Crippen LogP contribution < -0.4 is 0 Å². The molecule has 0 aromatic carbocycles. The number of amides is 1. The fraction of sp³-hybridized carbons (Fsp3) is 0.500. The molecule has 1 saturated carbocycles. The molecule has 5 heteroatoms. The van der Waals surface area contributed by atoms with E-state index in [2.05, 4.69) is 11.9 Å². The highest BCUT2D eigenvalue weighted by atomic mass is 35.5. The predicted octanol–water partition coefficient (Wildman–Crippen LogP) is 3.14. The van der Waals surface area contributed by atoms with Gasteiger partial charge in [0.25, 0.3) is 5.91 Å². The van der Waals surface area contributed by atoms with Crippen molar-refractivity contribution in [3.05, 3.63) is 27.5 Å². The smallest absolute Gasteiger partial charge is 0.257 e. The summed E-state index contributed by atoms with van der Waals surface area (Å²) < 4.78 is 0. The Balaban J connectivity index is 1.96. The summed E-state index contributed by atoms with van der Waals surface area (Å²) in [5, 5.41) is 0.575. The van der Waals surface area contributed by atoms with Gasteiger partial charge in [0.1, 0.15) is 10.3 Å². The van der Waals surface area contributed by atoms with Gasteiger partial charge in [0.2, 0.25) is 0 Å². The Bertz CT molecular complexity index is 500. The van der Waals surface area contributed by atoms with Crippen LogP contribution in [-0.4, -0.2) is 21.8 Å². The number of hydrogen-bond donors (Lipinski definition) is 0. The molecule has 1 fully saturated rings. The van der Waals surface area contributed by atoms with E-state index >= 15 is 0 Å². The molecule has 3 nitrogen and oxygen atoms in total. The molecule has 0 radical (unpaired) electrons. The Morgan fingerprint density at radius 2 is 2.18 bits per heavy atom. The molecule has 1 aliphatic carbocycles. The summed E-state index contributed by atoms with van der Waals surface area (Å²) >= 11 is 11.8. The zero-order valence-electron chi connectivity index (χ0n) is 9.41. The maximum absolute atomic E-state index is 12.3. The minimum Gasteiger partial charge on any atom is -0.331 e. The summed E-state index contributed by atoms with van der Waals surface area (Å²) in [5.41, 5.74) is 1.43. The monoisotopic (exact) mass is 270 g/mol. The minimum absolute atomic E-state index is 0.00596. The quantitative estimate of drug-likeness (QED) is 0.774. The fourth-order valence-electron chi connectivity index (χ4n) is 2.44. The molecule has 3 rings (SSSR count). The van der Waals surface area contributed by atoms with Crippen LogP contribution in [0.3, 0.4) is 0 Å². The van der Waals surface area contributed by atoms with Gasteiger partial charge >= 0.3 is 0 Å². The normalized spacial score (nSPS) is 20.6. The Morgan fingerprint density at radius 1 is 1.47 bits per heavy atom. The lowest BCUT2D eigenvalue weighted by molar-refractivity contribution is 0.0697. The average Bonchev–Trinajstić information content (AvgIpc) is 3.03. The van der Waals surface area contributed by atoms with E-state index < -0.39 is 0 Å². The predicted molar refractivity (Wildman–Crippen MR) is 66.3 cm³/mol. The van der Waals surface area contributed by atoms with Crippen LogP contribution in [0.2, 0.25) is 10.3 Å². The van der Waals surface area contributed by atoms with E-state index in [1.165, 1.54) is 12.8 Å². The Morgan fingerprint density at radius 3 is 2.82 bits per heavy atom. The second kappa shape index (κ2) is 3.85. The third kappa shape index (κ3) is 1.81. The third-order valence-corrected chi connectivity index (χ3v) is 4.10. The fourth-order valence-corrected chi connectivity index (χ4v) is 2.99. The molecule has 0 spiro atoms. The van der Waals surface area contributed by atoms with Crippen molar-refractivity contribution in [2.24, 2.45) is 5.92 Å². The van der Waals surface area contributed by atoms with Crippen molar-refractivity contribution in [1.29, 1.82) is 0 Å². The molecular weight excluding hydrogens is 259 g/mol. The van der Waals surface area contributed by atoms with Crippen LogP contribution in [0.4, 0.5) is 0 Å². The van der Waals surface area contributed by atoms with Gasteiger partial charge in [-0.3, -0.25) is 4.79 Å². The van der Waals surface area contributed by atoms with Gasteiger partial charge in [-0.25, -0.2) is 4.98 Å². The summed E-state index contributed by atoms with van der Waals surface area (Å²) in [7, 11) is 0. The van der Waals surface area contributed by atoms with Crippen molar-refractivity contribution in [2.75, 3.05) is 0 Å². The molecule has 1 unspecified atom stereocenters. The highest BCUT2D eigenvalue weighted by Crippen LogP contribution is 2.39. The lowest BCUT2D eigenvalue weighted by Gasteiger charge is -2.23. The van der Waals surface area contributed by atoms with Gasteiger partial charge in [0.05, 0.1) is 5.56 Å². The molecule has 0 bridgehead atoms. The van der Waals surface area contributed by atoms with E-state index in [9.17, 15) is 4.79 Å². The molecule has 90 valence electrons. The number of nitrogens with zero attached hydrogens (tertiary/aromatic N) is 2. The molecule has 1 aliphatic heterocycles. The molecule has 0 saturated heterocycles. The largest absolute Gasteiger partial charge is 0.331 e. The number of halogens is 2. The molecule has 17 heavy (non-hydrogen) atoms. The number of hydrogen-bond acceptors (Lipinski definition) is 2. The zero-order chi connectivity index (χ0) is 12.2. The van der Waals surface area contributed by atoms with Crippen LogP contribution in [0.5, 0.6) is 0 Å². The first-order chi connectivity index (χ1) is 8.08. The van der Waals surface area contributed by atoms with E-state index in [0.29, 0.717) is 23.2 Å². The number of pyridine rings is 1. The lowest BCUT2D eigenvalue weighted by Crippen LogP contribution is -2.34. The van der Waals surface area contributed by atoms with E-state index in [1.807, 2.05) is 4.90 Å². The van der Waals surface area contributed by atoms with E-state index in [0.717, 1.165) is 5.56 Å². The summed E-state index contributed by atoms with van der Waals surface area (Å²) in [5.74, 6) is 0.643. The topological polar surface area (TPSA) is 33.2 Å². The maximum atomic E-state index is 12.3. The van der Waals surface area contributed by atoms with Gasteiger partial charge in [-0.2, -0.15) is 0 Å². The van der Waals surface area contributed by atoms with Crippen molar-refractivity contribution in [2.45, 2.75) is 32.4 Å². The van der Waals surface area contributed by atoms with E-state index in [4.69, 9.17) is 23.2 Å². The summed E-state index contributed by atoms with van der Waals surface area (Å²) in [6.07, 6.45) is 2.43. The van der Waals surface area contributed by atoms with Crippen LogP contribution in [0, 0.1) is 5.92 Å². The van der Waals surface area contributed by atoms with Gasteiger partial charge in [-0.15, -0.1) is 0 Å². The molecule has 2 aliphatic rings. The first-order valence-corrected chi connectivity index (χ1v) is 6.49. The lowest BCUT2D eigenvalue weighted by atomic mass is 10.2. The van der Waals surface area contributed by atoms with Crippen molar-refractivity contribution in [3.63, 3.8) is 0 Å². The zero-order valence-corrected chi connectivity index (χ0v) is 10.9. The van der Waals surface area contributed by atoms with Crippen LogP contribution in [0.1, 0.15) is 35.7 Å². The number of carbonyl (C=O) groups excluding carboxylic acids is 1. The van der Waals surface area contributed by atoms with Gasteiger partial charge in [-0.1, -0.05) is 23.2 Å². The molecule has 0 N–H and O–H groups in total. The molecular formula is C12H12Cl2N2O. The Kier molecular flexibility index (Phi) is 2.56. The average molecular weight is 271 g/mol. The van der Waals surface area contributed by atoms with Crippen molar-refractivity contribution >= 4 is 29.1 Å². The molecule has 2 heterocycles. The Hall–Kier alpha value is -0.800. The number of carbonyl (C=O) groups is 1. The summed E-state index contributed by atoms with van der Waals surface area (Å²) in [6, 6.07) is 2.02. The van der Waals surface area contributed by atoms with Crippen LogP contribution in [-0.2, 0) is 6.54 Å². The number of aromatic nitrogens is 1. The SMILES string of the molecule is CC(C1CC1)N1Cc2cc(Cl)nc(Cl)c2C1=O. The summed E-state index contributed by atoms with van der Waals surface area (Å²) in [6.45, 7) is 2.71. The van der Waals surface area contributed by atoms with Crippen LogP contribution >= 0.6 is 23.2 Å². The van der Waals surface area contributed by atoms with Gasteiger partial charge in [-0.05, 0) is 37.3 Å². The standard InChI is InChI=1S/C12H12Cl2N2O/c1-6(7-2-3-7)16-5-8-4-9(13)15-11(14)10(8)12(16)17/h4,6-7H,2-3,5H2,1H3. The molecule has 1 aromatic rings. The molecule has 1 aromatic heterocycles. The highest BCUT2D eigenvalue weighted by Gasteiger charge is 2.39. The number of rotatable bonds is 2. The minimum atomic E-state index is -0.00596. The molecule has 1 amide bonds. The third-order valence-electron chi connectivity index (χ3n) is 3.64. The Labute approximate surface area is 110 Å². The number of fused-ring (bicyclic) bond motifs is 1. The highest BCUT2D eigenvalue weighted by molar-refractivity contribution is 6.35. The van der Waals surface area contributed by atoms with Crippen LogP contribution in [0.15, 0.2) is 6.07 Å². The molecule has 1 atom stereocenters. The van der Waals surface area contributed by atoms with Gasteiger partial charge in [0.15, 0.2) is 0 Å². The van der Waals surface area contributed by atoms with Crippen molar-refractivity contribution < 1.29 is 4.79 Å². The second-order valence-corrected chi connectivity index (χ2v) is 5.53. The van der Waals surface area contributed by atoms with Crippen LogP contribution in [0.25, 0.3) is 0 Å². The van der Waals surface area contributed by atoms with E-state index in [-0.39, 0.29) is 17.1 Å². The van der Waals surface area contributed by atoms with Crippen molar-refractivity contribution in [1.82, 2.24) is 9.88 Å². The van der Waals surface area contributed by atoms with E-state index in [1.54, 1.807) is 6.07 Å². The van der Waals surface area contributed by atoms with Gasteiger partial charge in [0, 0.05) is 12.6 Å².